The van der Waals surface area contributed by atoms with Gasteiger partial charge in [-0.15, -0.1) is 0 Å². The van der Waals surface area contributed by atoms with Crippen LogP contribution in [0.5, 0.6) is 0 Å². The average molecular weight is 431 g/mol. The van der Waals surface area contributed by atoms with Crippen LogP contribution >= 0.6 is 0 Å². The third-order valence-corrected chi connectivity index (χ3v) is 8.12. The first-order valence-corrected chi connectivity index (χ1v) is 12.0. The first kappa shape index (κ1) is 21.0. The zero-order valence-electron chi connectivity index (χ0n) is 16.9. The van der Waals surface area contributed by atoms with Crippen LogP contribution in [0.3, 0.4) is 0 Å². The van der Waals surface area contributed by atoms with E-state index in [4.69, 9.17) is 0 Å². The number of amides is 1. The minimum absolute atomic E-state index is 0.0326. The minimum Gasteiger partial charge on any atom is -0.341 e. The van der Waals surface area contributed by atoms with E-state index in [1.165, 1.54) is 22.0 Å². The predicted octanol–water partition coefficient (Wildman–Crippen LogP) is 3.46. The van der Waals surface area contributed by atoms with Crippen molar-refractivity contribution in [1.82, 2.24) is 9.21 Å². The van der Waals surface area contributed by atoms with Crippen molar-refractivity contribution < 1.29 is 17.6 Å². The first-order valence-electron chi connectivity index (χ1n) is 10.6. The summed E-state index contributed by atoms with van der Waals surface area (Å²) in [7, 11) is -3.82. The third-order valence-electron chi connectivity index (χ3n) is 6.20. The molecule has 1 amide bonds. The highest BCUT2D eigenvalue weighted by molar-refractivity contribution is 7.89. The average Bonchev–Trinajstić information content (AvgIpc) is 3.26. The quantitative estimate of drug-likeness (QED) is 0.730. The molecule has 0 unspecified atom stereocenters. The van der Waals surface area contributed by atoms with Crippen molar-refractivity contribution in [3.63, 3.8) is 0 Å². The molecule has 2 heterocycles. The fourth-order valence-electron chi connectivity index (χ4n) is 4.53. The number of carbonyl (C=O) groups excluding carboxylic acids is 1. The van der Waals surface area contributed by atoms with Crippen LogP contribution in [0.15, 0.2) is 59.5 Å². The Morgan fingerprint density at radius 2 is 1.60 bits per heavy atom. The van der Waals surface area contributed by atoms with Crippen molar-refractivity contribution in [2.45, 2.75) is 43.0 Å². The number of carbonyl (C=O) groups is 1. The van der Waals surface area contributed by atoms with Gasteiger partial charge in [0.1, 0.15) is 11.9 Å². The third kappa shape index (κ3) is 4.42. The largest absolute Gasteiger partial charge is 0.341 e. The molecule has 4 rings (SSSR count). The molecule has 160 valence electrons. The van der Waals surface area contributed by atoms with E-state index in [9.17, 15) is 17.6 Å². The molecule has 7 heteroatoms. The molecule has 2 aromatic rings. The summed E-state index contributed by atoms with van der Waals surface area (Å²) in [4.78, 5) is 15.0. The topological polar surface area (TPSA) is 57.7 Å². The summed E-state index contributed by atoms with van der Waals surface area (Å²) in [5, 5.41) is 0. The molecular formula is C23H27FN2O3S. The van der Waals surface area contributed by atoms with Gasteiger partial charge >= 0.3 is 0 Å². The number of hydrogen-bond acceptors (Lipinski definition) is 3. The number of benzene rings is 2. The molecule has 5 nitrogen and oxygen atoms in total. The number of rotatable bonds is 5. The number of likely N-dealkylation sites (tertiary alicyclic amines) is 1. The van der Waals surface area contributed by atoms with E-state index in [0.717, 1.165) is 31.4 Å². The van der Waals surface area contributed by atoms with Crippen LogP contribution in [0.1, 0.15) is 31.2 Å². The summed E-state index contributed by atoms with van der Waals surface area (Å²) in [6.45, 7) is 1.65. The van der Waals surface area contributed by atoms with E-state index in [-0.39, 0.29) is 10.8 Å². The molecular weight excluding hydrogens is 403 g/mol. The van der Waals surface area contributed by atoms with Crippen LogP contribution in [0.25, 0.3) is 0 Å². The maximum atomic E-state index is 13.2. The second-order valence-electron chi connectivity index (χ2n) is 8.19. The smallest absolute Gasteiger partial charge is 0.243 e. The van der Waals surface area contributed by atoms with Crippen molar-refractivity contribution in [2.75, 3.05) is 19.6 Å². The molecule has 2 saturated heterocycles. The summed E-state index contributed by atoms with van der Waals surface area (Å²) in [5.74, 6) is -0.0446. The van der Waals surface area contributed by atoms with Crippen molar-refractivity contribution in [3.05, 3.63) is 66.0 Å². The zero-order valence-corrected chi connectivity index (χ0v) is 17.7. The van der Waals surface area contributed by atoms with Crippen molar-refractivity contribution in [3.8, 4) is 0 Å². The number of hydrogen-bond donors (Lipinski definition) is 0. The van der Waals surface area contributed by atoms with Crippen LogP contribution in [-0.2, 0) is 21.2 Å². The van der Waals surface area contributed by atoms with Crippen LogP contribution in [-0.4, -0.2) is 49.2 Å². The highest BCUT2D eigenvalue weighted by Crippen LogP contribution is 2.29. The summed E-state index contributed by atoms with van der Waals surface area (Å²) in [6, 6.07) is 14.5. The van der Waals surface area contributed by atoms with Gasteiger partial charge in [0, 0.05) is 19.6 Å². The van der Waals surface area contributed by atoms with Crippen LogP contribution in [0.2, 0.25) is 0 Å². The monoisotopic (exact) mass is 430 g/mol. The maximum absolute atomic E-state index is 13.2. The molecule has 30 heavy (non-hydrogen) atoms. The lowest BCUT2D eigenvalue weighted by molar-refractivity contribution is -0.136. The molecule has 0 spiro atoms. The highest BCUT2D eigenvalue weighted by atomic mass is 32.2. The van der Waals surface area contributed by atoms with Gasteiger partial charge in [0.15, 0.2) is 0 Å². The van der Waals surface area contributed by atoms with Crippen LogP contribution < -0.4 is 0 Å². The summed E-state index contributed by atoms with van der Waals surface area (Å²) < 4.78 is 40.6. The second kappa shape index (κ2) is 8.86. The van der Waals surface area contributed by atoms with Gasteiger partial charge in [0.25, 0.3) is 0 Å². The number of sulfonamides is 1. The Balaban J connectivity index is 1.40. The SMILES string of the molecule is O=C([C@H]1CCCN1S(=O)(=O)c1ccc(F)cc1)N1CCC(Cc2ccccc2)CC1. The summed E-state index contributed by atoms with van der Waals surface area (Å²) in [5.41, 5.74) is 1.31. The molecule has 0 aromatic heterocycles. The van der Waals surface area contributed by atoms with E-state index in [2.05, 4.69) is 12.1 Å². The van der Waals surface area contributed by atoms with Gasteiger partial charge in [-0.1, -0.05) is 30.3 Å². The lowest BCUT2D eigenvalue weighted by Crippen LogP contribution is -2.50. The van der Waals surface area contributed by atoms with Crippen molar-refractivity contribution >= 4 is 15.9 Å². The fraction of sp³-hybridized carbons (Fsp3) is 0.435. The standard InChI is InChI=1S/C23H27FN2O3S/c24-20-8-10-21(11-9-20)30(28,29)26-14-4-7-22(26)23(27)25-15-12-19(13-16-25)17-18-5-2-1-3-6-18/h1-3,5-6,8-11,19,22H,4,7,12-17H2/t22-/m1/s1. The maximum Gasteiger partial charge on any atom is 0.243 e. The number of halogens is 1. The van der Waals surface area contributed by atoms with E-state index in [1.54, 1.807) is 0 Å². The molecule has 2 aromatic carbocycles. The Labute approximate surface area is 177 Å². The number of nitrogens with zero attached hydrogens (tertiary/aromatic N) is 2. The second-order valence-corrected chi connectivity index (χ2v) is 10.1. The van der Waals surface area contributed by atoms with E-state index >= 15 is 0 Å². The lowest BCUT2D eigenvalue weighted by atomic mass is 9.90. The van der Waals surface area contributed by atoms with E-state index in [1.807, 2.05) is 23.1 Å². The van der Waals surface area contributed by atoms with Gasteiger partial charge in [-0.05, 0) is 67.9 Å². The molecule has 0 radical (unpaired) electrons. The molecule has 0 N–H and O–H groups in total. The summed E-state index contributed by atoms with van der Waals surface area (Å²) in [6.07, 6.45) is 4.05. The van der Waals surface area contributed by atoms with Gasteiger partial charge in [-0.2, -0.15) is 4.31 Å². The predicted molar refractivity (Wildman–Crippen MR) is 113 cm³/mol. The Morgan fingerprint density at radius 3 is 2.27 bits per heavy atom. The first-order chi connectivity index (χ1) is 14.4. The number of piperidine rings is 1. The van der Waals surface area contributed by atoms with Gasteiger partial charge < -0.3 is 4.90 Å². The van der Waals surface area contributed by atoms with Gasteiger partial charge in [-0.25, -0.2) is 12.8 Å². The molecule has 0 bridgehead atoms. The van der Waals surface area contributed by atoms with Crippen LogP contribution in [0, 0.1) is 11.7 Å². The molecule has 2 aliphatic heterocycles. The Hall–Kier alpha value is -2.25. The Bertz CT molecular complexity index is 971. The van der Waals surface area contributed by atoms with Gasteiger partial charge in [-0.3, -0.25) is 4.79 Å². The van der Waals surface area contributed by atoms with Crippen LogP contribution in [0.4, 0.5) is 4.39 Å². The van der Waals surface area contributed by atoms with Crippen molar-refractivity contribution in [1.29, 1.82) is 0 Å². The Kier molecular flexibility index (Phi) is 6.20. The van der Waals surface area contributed by atoms with E-state index in [0.29, 0.717) is 38.4 Å². The van der Waals surface area contributed by atoms with E-state index < -0.39 is 21.9 Å². The fourth-order valence-corrected chi connectivity index (χ4v) is 6.18. The molecule has 2 fully saturated rings. The highest BCUT2D eigenvalue weighted by Gasteiger charge is 2.41. The zero-order chi connectivity index (χ0) is 21.1. The molecule has 0 saturated carbocycles. The van der Waals surface area contributed by atoms with Crippen molar-refractivity contribution in [2.24, 2.45) is 5.92 Å². The minimum atomic E-state index is -3.82. The molecule has 2 aliphatic rings. The normalized spacial score (nSPS) is 21.1. The summed E-state index contributed by atoms with van der Waals surface area (Å²) >= 11 is 0. The molecule has 0 aliphatic carbocycles. The lowest BCUT2D eigenvalue weighted by Gasteiger charge is -2.35. The molecule has 1 atom stereocenters. The Morgan fingerprint density at radius 1 is 0.933 bits per heavy atom. The van der Waals surface area contributed by atoms with Gasteiger partial charge in [0.05, 0.1) is 4.90 Å². The van der Waals surface area contributed by atoms with Gasteiger partial charge in [0.2, 0.25) is 15.9 Å².